The van der Waals surface area contributed by atoms with Gasteiger partial charge in [0.05, 0.1) is 0 Å². The molecule has 0 aromatic heterocycles. The molecule has 0 unspecified atom stereocenters. The molecule has 0 aliphatic carbocycles. The number of benzene rings is 1. The summed E-state index contributed by atoms with van der Waals surface area (Å²) in [5.74, 6) is 0.631. The summed E-state index contributed by atoms with van der Waals surface area (Å²) in [6, 6.07) is 5.49. The second kappa shape index (κ2) is 8.12. The second-order valence-corrected chi connectivity index (χ2v) is 8.19. The maximum atomic E-state index is 12.2. The van der Waals surface area contributed by atoms with E-state index in [1.165, 1.54) is 6.08 Å². The van der Waals surface area contributed by atoms with Crippen LogP contribution in [0.2, 0.25) is 0 Å². The molecule has 7 nitrogen and oxygen atoms in total. The van der Waals surface area contributed by atoms with E-state index in [2.05, 4.69) is 0 Å². The van der Waals surface area contributed by atoms with Crippen LogP contribution in [0.15, 0.2) is 24.3 Å². The normalized spacial score (nSPS) is 17.5. The van der Waals surface area contributed by atoms with Gasteiger partial charge in [-0.05, 0) is 69.2 Å². The molecule has 2 aliphatic heterocycles. The van der Waals surface area contributed by atoms with Gasteiger partial charge in [-0.3, -0.25) is 0 Å². The number of allylic oxidation sites excluding steroid dienone is 1. The van der Waals surface area contributed by atoms with Gasteiger partial charge >= 0.3 is 12.1 Å². The van der Waals surface area contributed by atoms with E-state index in [1.54, 1.807) is 11.0 Å². The van der Waals surface area contributed by atoms with Crippen LogP contribution in [0.4, 0.5) is 4.79 Å². The van der Waals surface area contributed by atoms with Gasteiger partial charge in [0.15, 0.2) is 11.5 Å². The number of piperidine rings is 1. The minimum atomic E-state index is -0.973. The Morgan fingerprint density at radius 1 is 1.21 bits per heavy atom. The molecule has 1 aromatic carbocycles. The fourth-order valence-corrected chi connectivity index (χ4v) is 3.46. The minimum Gasteiger partial charge on any atom is -0.478 e. The Labute approximate surface area is 164 Å². The maximum Gasteiger partial charge on any atom is 0.410 e. The minimum absolute atomic E-state index is 0.180. The highest BCUT2D eigenvalue weighted by molar-refractivity contribution is 5.90. The molecule has 1 amide bonds. The summed E-state index contributed by atoms with van der Waals surface area (Å²) >= 11 is 0. The topological polar surface area (TPSA) is 85.3 Å². The van der Waals surface area contributed by atoms with Crippen molar-refractivity contribution in [2.45, 2.75) is 45.6 Å². The molecule has 1 saturated heterocycles. The summed E-state index contributed by atoms with van der Waals surface area (Å²) < 4.78 is 16.2. The third kappa shape index (κ3) is 5.18. The third-order valence-corrected chi connectivity index (χ3v) is 4.82. The van der Waals surface area contributed by atoms with E-state index in [-0.39, 0.29) is 12.9 Å². The largest absolute Gasteiger partial charge is 0.478 e. The van der Waals surface area contributed by atoms with Crippen molar-refractivity contribution >= 4 is 17.6 Å². The van der Waals surface area contributed by atoms with Crippen molar-refractivity contribution in [1.29, 1.82) is 0 Å². The van der Waals surface area contributed by atoms with Crippen molar-refractivity contribution in [2.24, 2.45) is 5.92 Å². The van der Waals surface area contributed by atoms with E-state index in [0.29, 0.717) is 36.9 Å². The summed E-state index contributed by atoms with van der Waals surface area (Å²) in [4.78, 5) is 25.3. The molecule has 1 fully saturated rings. The van der Waals surface area contributed by atoms with Gasteiger partial charge in [-0.25, -0.2) is 9.59 Å². The van der Waals surface area contributed by atoms with Crippen molar-refractivity contribution in [1.82, 2.24) is 4.90 Å². The van der Waals surface area contributed by atoms with E-state index in [1.807, 2.05) is 32.9 Å². The highest BCUT2D eigenvalue weighted by Gasteiger charge is 2.27. The molecule has 152 valence electrons. The van der Waals surface area contributed by atoms with Gasteiger partial charge in [0, 0.05) is 19.2 Å². The predicted octanol–water partition coefficient (Wildman–Crippen LogP) is 3.92. The highest BCUT2D eigenvalue weighted by atomic mass is 16.7. The first kappa shape index (κ1) is 20.0. The molecule has 0 saturated carbocycles. The lowest BCUT2D eigenvalue weighted by molar-refractivity contribution is -0.131. The molecule has 2 aliphatic rings. The lowest BCUT2D eigenvalue weighted by atomic mass is 9.87. The number of nitrogens with zero attached hydrogens (tertiary/aromatic N) is 1. The third-order valence-electron chi connectivity index (χ3n) is 4.82. The molecule has 3 rings (SSSR count). The number of carbonyl (C=O) groups excluding carboxylic acids is 1. The van der Waals surface area contributed by atoms with Gasteiger partial charge in [0.1, 0.15) is 5.60 Å². The number of hydrogen-bond acceptors (Lipinski definition) is 5. The summed E-state index contributed by atoms with van der Waals surface area (Å²) in [5.41, 5.74) is 1.06. The van der Waals surface area contributed by atoms with Crippen molar-refractivity contribution in [2.75, 3.05) is 19.9 Å². The molecule has 2 heterocycles. The molecule has 7 heteroatoms. The summed E-state index contributed by atoms with van der Waals surface area (Å²) in [7, 11) is 0. The Morgan fingerprint density at radius 2 is 1.89 bits per heavy atom. The summed E-state index contributed by atoms with van der Waals surface area (Å²) in [5, 5.41) is 9.29. The first-order valence-electron chi connectivity index (χ1n) is 9.53. The van der Waals surface area contributed by atoms with Crippen molar-refractivity contribution in [3.8, 4) is 11.5 Å². The van der Waals surface area contributed by atoms with Gasteiger partial charge in [-0.15, -0.1) is 0 Å². The van der Waals surface area contributed by atoms with Crippen molar-refractivity contribution < 1.29 is 28.9 Å². The number of carboxylic acids is 1. The van der Waals surface area contributed by atoms with Crippen LogP contribution in [0.25, 0.3) is 5.57 Å². The molecule has 0 radical (unpaired) electrons. The van der Waals surface area contributed by atoms with Gasteiger partial charge in [-0.2, -0.15) is 0 Å². The van der Waals surface area contributed by atoms with Gasteiger partial charge in [0.25, 0.3) is 0 Å². The Morgan fingerprint density at radius 3 is 2.54 bits per heavy atom. The predicted molar refractivity (Wildman–Crippen MR) is 103 cm³/mol. The van der Waals surface area contributed by atoms with Crippen LogP contribution in [0.5, 0.6) is 11.5 Å². The number of likely N-dealkylation sites (tertiary alicyclic amines) is 1. The van der Waals surface area contributed by atoms with E-state index >= 15 is 0 Å². The summed E-state index contributed by atoms with van der Waals surface area (Å²) in [6.07, 6.45) is 3.22. The van der Waals surface area contributed by atoms with Crippen LogP contribution < -0.4 is 9.47 Å². The van der Waals surface area contributed by atoms with E-state index in [0.717, 1.165) is 24.0 Å². The van der Waals surface area contributed by atoms with E-state index < -0.39 is 11.6 Å². The van der Waals surface area contributed by atoms with Crippen molar-refractivity contribution in [3.63, 3.8) is 0 Å². The van der Waals surface area contributed by atoms with Gasteiger partial charge < -0.3 is 24.2 Å². The van der Waals surface area contributed by atoms with Crippen LogP contribution in [0.3, 0.4) is 0 Å². The number of carboxylic acid groups (broad SMARTS) is 1. The average molecular weight is 389 g/mol. The van der Waals surface area contributed by atoms with E-state index in [9.17, 15) is 14.7 Å². The molecule has 1 N–H and O–H groups in total. The monoisotopic (exact) mass is 389 g/mol. The molecular formula is C21H27NO6. The van der Waals surface area contributed by atoms with Crippen LogP contribution in [-0.4, -0.2) is 47.6 Å². The second-order valence-electron chi connectivity index (χ2n) is 8.19. The number of rotatable bonds is 4. The van der Waals surface area contributed by atoms with Crippen LogP contribution >= 0.6 is 0 Å². The number of hydrogen-bond donors (Lipinski definition) is 1. The molecule has 28 heavy (non-hydrogen) atoms. The average Bonchev–Trinajstić information content (AvgIpc) is 3.07. The van der Waals surface area contributed by atoms with E-state index in [4.69, 9.17) is 14.2 Å². The van der Waals surface area contributed by atoms with Crippen LogP contribution in [0.1, 0.15) is 45.6 Å². The molecule has 0 bridgehead atoms. The maximum absolute atomic E-state index is 12.2. The smallest absolute Gasteiger partial charge is 0.410 e. The first-order chi connectivity index (χ1) is 13.2. The standard InChI is InChI=1S/C21H27NO6/c1-21(2,3)28-20(25)22-8-6-14(7-9-22)10-16(12-19(23)24)15-4-5-17-18(11-15)27-13-26-17/h4-5,11-12,14H,6-10,13H2,1-3H3,(H,23,24). The highest BCUT2D eigenvalue weighted by Crippen LogP contribution is 2.37. The quantitative estimate of drug-likeness (QED) is 0.786. The molecule has 0 spiro atoms. The zero-order valence-corrected chi connectivity index (χ0v) is 16.6. The lowest BCUT2D eigenvalue weighted by Crippen LogP contribution is -2.41. The Balaban J connectivity index is 1.64. The number of ether oxygens (including phenoxy) is 3. The zero-order chi connectivity index (χ0) is 20.3. The first-order valence-corrected chi connectivity index (χ1v) is 9.53. The number of amides is 1. The number of aliphatic carboxylic acids is 1. The Kier molecular flexibility index (Phi) is 5.82. The number of carbonyl (C=O) groups is 2. The fourth-order valence-electron chi connectivity index (χ4n) is 3.46. The lowest BCUT2D eigenvalue weighted by Gasteiger charge is -2.33. The zero-order valence-electron chi connectivity index (χ0n) is 16.6. The fraction of sp³-hybridized carbons (Fsp3) is 0.524. The molecular weight excluding hydrogens is 362 g/mol. The molecule has 1 aromatic rings. The van der Waals surface area contributed by atoms with Gasteiger partial charge in [0.2, 0.25) is 6.79 Å². The Hall–Kier alpha value is -2.70. The van der Waals surface area contributed by atoms with Crippen LogP contribution in [0, 0.1) is 5.92 Å². The van der Waals surface area contributed by atoms with Gasteiger partial charge in [-0.1, -0.05) is 6.07 Å². The number of fused-ring (bicyclic) bond motifs is 1. The Bertz CT molecular complexity index is 772. The van der Waals surface area contributed by atoms with Crippen molar-refractivity contribution in [3.05, 3.63) is 29.8 Å². The molecule has 0 atom stereocenters. The summed E-state index contributed by atoms with van der Waals surface area (Å²) in [6.45, 7) is 6.96. The SMILES string of the molecule is CC(C)(C)OC(=O)N1CCC(CC(=CC(=O)O)c2ccc3c(c2)OCO3)CC1. The van der Waals surface area contributed by atoms with Crippen LogP contribution in [-0.2, 0) is 9.53 Å².